The quantitative estimate of drug-likeness (QED) is 0.767. The maximum absolute atomic E-state index is 11.0. The van der Waals surface area contributed by atoms with Gasteiger partial charge in [-0.1, -0.05) is 64.1 Å². The monoisotopic (exact) mass is 387 g/mol. The molecule has 114 valence electrons. The molecule has 0 fully saturated rings. The van der Waals surface area contributed by atoms with Crippen molar-refractivity contribution >= 4 is 58.0 Å². The number of aromatic nitrogens is 3. The largest absolute Gasteiger partial charge is 0.385 e. The van der Waals surface area contributed by atoms with E-state index in [1.165, 1.54) is 12.3 Å². The van der Waals surface area contributed by atoms with Gasteiger partial charge in [0.15, 0.2) is 3.79 Å². The lowest BCUT2D eigenvalue weighted by Crippen LogP contribution is -2.34. The third-order valence-electron chi connectivity index (χ3n) is 2.86. The van der Waals surface area contributed by atoms with Gasteiger partial charge in [0, 0.05) is 28.5 Å². The predicted molar refractivity (Wildman–Crippen MR) is 85.4 cm³/mol. The van der Waals surface area contributed by atoms with Crippen LogP contribution in [0.5, 0.6) is 0 Å². The van der Waals surface area contributed by atoms with Gasteiger partial charge in [0.1, 0.15) is 5.60 Å². The van der Waals surface area contributed by atoms with E-state index < -0.39 is 9.39 Å². The zero-order valence-electron chi connectivity index (χ0n) is 10.5. The van der Waals surface area contributed by atoms with Crippen molar-refractivity contribution in [1.82, 2.24) is 15.4 Å². The van der Waals surface area contributed by atoms with Crippen LogP contribution in [-0.4, -0.2) is 24.3 Å². The van der Waals surface area contributed by atoms with Gasteiger partial charge < -0.3 is 5.11 Å². The zero-order valence-corrected chi connectivity index (χ0v) is 14.2. The molecule has 0 spiro atoms. The minimum absolute atomic E-state index is 0.0821. The Kier molecular flexibility index (Phi) is 5.29. The van der Waals surface area contributed by atoms with Crippen LogP contribution < -0.4 is 0 Å². The second kappa shape index (κ2) is 6.49. The lowest BCUT2D eigenvalue weighted by atomic mass is 9.86. The van der Waals surface area contributed by atoms with Crippen molar-refractivity contribution < 1.29 is 5.11 Å². The summed E-state index contributed by atoms with van der Waals surface area (Å²) in [6.07, 6.45) is 1.39. The SMILES string of the molecule is OC(Cc1cn[nH]n1)(CC(Cl)(Cl)Cl)c1ccc(Cl)cc1Cl. The average Bonchev–Trinajstić information content (AvgIpc) is 2.78. The molecule has 0 radical (unpaired) electrons. The zero-order chi connectivity index (χ0) is 15.7. The molecule has 1 aromatic heterocycles. The summed E-state index contributed by atoms with van der Waals surface area (Å²) in [5.74, 6) is 0. The van der Waals surface area contributed by atoms with Gasteiger partial charge in [-0.2, -0.15) is 15.4 Å². The van der Waals surface area contributed by atoms with E-state index >= 15 is 0 Å². The van der Waals surface area contributed by atoms with Gasteiger partial charge in [0.05, 0.1) is 11.9 Å². The average molecular weight is 389 g/mol. The molecule has 1 heterocycles. The van der Waals surface area contributed by atoms with E-state index in [-0.39, 0.29) is 17.9 Å². The molecular formula is C12H10Cl5N3O. The lowest BCUT2D eigenvalue weighted by molar-refractivity contribution is 0.0280. The van der Waals surface area contributed by atoms with Crippen molar-refractivity contribution in [2.75, 3.05) is 0 Å². The Morgan fingerprint density at radius 1 is 1.19 bits per heavy atom. The molecule has 0 amide bonds. The Hall–Kier alpha value is -0.230. The Morgan fingerprint density at radius 3 is 2.43 bits per heavy atom. The summed E-state index contributed by atoms with van der Waals surface area (Å²) < 4.78 is -1.67. The number of aromatic amines is 1. The van der Waals surface area contributed by atoms with Crippen molar-refractivity contribution in [3.63, 3.8) is 0 Å². The predicted octanol–water partition coefficient (Wildman–Crippen LogP) is 4.30. The summed E-state index contributed by atoms with van der Waals surface area (Å²) in [6, 6.07) is 4.72. The van der Waals surface area contributed by atoms with Gasteiger partial charge in [0.25, 0.3) is 0 Å². The summed E-state index contributed by atoms with van der Waals surface area (Å²) in [7, 11) is 0. The highest BCUT2D eigenvalue weighted by molar-refractivity contribution is 6.67. The van der Waals surface area contributed by atoms with Crippen LogP contribution in [-0.2, 0) is 12.0 Å². The number of hydrogen-bond donors (Lipinski definition) is 2. The summed E-state index contributed by atoms with van der Waals surface area (Å²) in [5, 5.41) is 21.8. The number of nitrogens with one attached hydrogen (secondary N) is 1. The Morgan fingerprint density at radius 2 is 1.90 bits per heavy atom. The summed E-state index contributed by atoms with van der Waals surface area (Å²) in [5.41, 5.74) is -0.607. The maximum Gasteiger partial charge on any atom is 0.193 e. The van der Waals surface area contributed by atoms with Gasteiger partial charge in [0.2, 0.25) is 0 Å². The molecule has 2 aromatic rings. The molecule has 0 saturated heterocycles. The molecular weight excluding hydrogens is 379 g/mol. The molecule has 0 aliphatic heterocycles. The van der Waals surface area contributed by atoms with Crippen LogP contribution in [0.3, 0.4) is 0 Å². The van der Waals surface area contributed by atoms with Gasteiger partial charge in [-0.05, 0) is 12.1 Å². The highest BCUT2D eigenvalue weighted by atomic mass is 35.6. The molecule has 2 rings (SSSR count). The number of alkyl halides is 3. The number of aliphatic hydroxyl groups is 1. The molecule has 1 aromatic carbocycles. The third-order valence-corrected chi connectivity index (χ3v) is 3.81. The van der Waals surface area contributed by atoms with Crippen molar-refractivity contribution in [1.29, 1.82) is 0 Å². The summed E-state index contributed by atoms with van der Waals surface area (Å²) in [6.45, 7) is 0. The van der Waals surface area contributed by atoms with Crippen molar-refractivity contribution in [3.8, 4) is 0 Å². The highest BCUT2D eigenvalue weighted by Crippen LogP contribution is 2.43. The number of hydrogen-bond acceptors (Lipinski definition) is 3. The minimum Gasteiger partial charge on any atom is -0.385 e. The third kappa shape index (κ3) is 4.62. The van der Waals surface area contributed by atoms with E-state index in [0.717, 1.165) is 0 Å². The van der Waals surface area contributed by atoms with Crippen LogP contribution in [0, 0.1) is 0 Å². The standard InChI is InChI=1S/C12H10Cl5N3O/c13-7-1-2-9(10(14)3-7)11(21,6-12(15,16)17)4-8-5-18-20-19-8/h1-3,5,21H,4,6H2,(H,18,19,20). The second-order valence-electron chi connectivity index (χ2n) is 4.59. The topological polar surface area (TPSA) is 61.8 Å². The molecule has 0 aliphatic carbocycles. The fourth-order valence-corrected chi connectivity index (χ4v) is 3.31. The molecule has 0 aliphatic rings. The molecule has 9 heteroatoms. The minimum atomic E-state index is -1.67. The lowest BCUT2D eigenvalue weighted by Gasteiger charge is -2.31. The Balaban J connectivity index is 2.44. The van der Waals surface area contributed by atoms with Gasteiger partial charge in [-0.15, -0.1) is 0 Å². The number of halogens is 5. The van der Waals surface area contributed by atoms with Crippen LogP contribution in [0.4, 0.5) is 0 Å². The van der Waals surface area contributed by atoms with Crippen LogP contribution in [0.25, 0.3) is 0 Å². The van der Waals surface area contributed by atoms with Gasteiger partial charge in [-0.25, -0.2) is 0 Å². The summed E-state index contributed by atoms with van der Waals surface area (Å²) >= 11 is 29.6. The van der Waals surface area contributed by atoms with E-state index in [2.05, 4.69) is 15.4 Å². The fourth-order valence-electron chi connectivity index (χ4n) is 2.06. The van der Waals surface area contributed by atoms with Crippen molar-refractivity contribution in [2.45, 2.75) is 22.2 Å². The maximum atomic E-state index is 11.0. The molecule has 0 saturated carbocycles. The first-order chi connectivity index (χ1) is 9.70. The number of rotatable bonds is 4. The molecule has 1 atom stereocenters. The smallest absolute Gasteiger partial charge is 0.193 e. The van der Waals surface area contributed by atoms with Crippen molar-refractivity contribution in [3.05, 3.63) is 45.7 Å². The normalized spacial score (nSPS) is 15.0. The highest BCUT2D eigenvalue weighted by Gasteiger charge is 2.40. The van der Waals surface area contributed by atoms with Gasteiger partial charge in [-0.3, -0.25) is 0 Å². The number of H-pyrrole nitrogens is 1. The Bertz CT molecular complexity index is 614. The fraction of sp³-hybridized carbons (Fsp3) is 0.333. The van der Waals surface area contributed by atoms with E-state index in [9.17, 15) is 5.11 Å². The van der Waals surface area contributed by atoms with E-state index in [1.54, 1.807) is 12.1 Å². The molecule has 0 bridgehead atoms. The molecule has 4 nitrogen and oxygen atoms in total. The summed E-state index contributed by atoms with van der Waals surface area (Å²) in [4.78, 5) is 0. The van der Waals surface area contributed by atoms with Crippen LogP contribution in [0.2, 0.25) is 10.0 Å². The van der Waals surface area contributed by atoms with Crippen LogP contribution in [0.15, 0.2) is 24.4 Å². The molecule has 21 heavy (non-hydrogen) atoms. The molecule has 2 N–H and O–H groups in total. The van der Waals surface area contributed by atoms with E-state index in [1.807, 2.05) is 0 Å². The Labute approximate surface area is 146 Å². The van der Waals surface area contributed by atoms with E-state index in [0.29, 0.717) is 16.3 Å². The van der Waals surface area contributed by atoms with Crippen LogP contribution >= 0.6 is 58.0 Å². The van der Waals surface area contributed by atoms with E-state index in [4.69, 9.17) is 58.0 Å². The van der Waals surface area contributed by atoms with Gasteiger partial charge >= 0.3 is 0 Å². The molecule has 1 unspecified atom stereocenters. The van der Waals surface area contributed by atoms with Crippen molar-refractivity contribution in [2.24, 2.45) is 0 Å². The first-order valence-electron chi connectivity index (χ1n) is 5.79. The first kappa shape index (κ1) is 17.1. The number of benzene rings is 1. The first-order valence-corrected chi connectivity index (χ1v) is 7.68. The number of nitrogens with zero attached hydrogens (tertiary/aromatic N) is 2. The second-order valence-corrected chi connectivity index (χ2v) is 7.95. The van der Waals surface area contributed by atoms with Crippen LogP contribution in [0.1, 0.15) is 17.7 Å².